The lowest BCUT2D eigenvalue weighted by Gasteiger charge is -2.32. The summed E-state index contributed by atoms with van der Waals surface area (Å²) in [6, 6.07) is 0. The number of ether oxygens (including phenoxy) is 1. The van der Waals surface area contributed by atoms with Gasteiger partial charge in [-0.15, -0.1) is 0 Å². The number of hydrogen-bond acceptors (Lipinski definition) is 1. The summed E-state index contributed by atoms with van der Waals surface area (Å²) in [5.41, 5.74) is -0.176. The molecule has 0 aromatic carbocycles. The van der Waals surface area contributed by atoms with Crippen LogP contribution in [0.15, 0.2) is 0 Å². The second kappa shape index (κ2) is 2.30. The van der Waals surface area contributed by atoms with Crippen LogP contribution in [0.3, 0.4) is 0 Å². The molecule has 1 aliphatic rings. The average Bonchev–Trinajstić information content (AvgIpc) is 1.53. The minimum absolute atomic E-state index is 0.176. The van der Waals surface area contributed by atoms with E-state index in [1.807, 2.05) is 13.8 Å². The second-order valence-electron chi connectivity index (χ2n) is 3.43. The van der Waals surface area contributed by atoms with Crippen molar-refractivity contribution in [1.29, 1.82) is 0 Å². The predicted octanol–water partition coefficient (Wildman–Crippen LogP) is 2.17. The van der Waals surface area contributed by atoms with Gasteiger partial charge in [0, 0.05) is 0 Å². The molecule has 0 aromatic rings. The predicted molar refractivity (Wildman–Crippen MR) is 38.2 cm³/mol. The Kier molecular flexibility index (Phi) is 1.80. The van der Waals surface area contributed by atoms with E-state index in [1.165, 1.54) is 19.3 Å². The lowest BCUT2D eigenvalue weighted by Crippen LogP contribution is -2.32. The smallest absolute Gasteiger partial charge is 0.0631 e. The molecule has 0 saturated heterocycles. The molecule has 1 radical (unpaired) electrons. The Morgan fingerprint density at radius 2 is 2.00 bits per heavy atom. The maximum Gasteiger partial charge on any atom is 0.0631 e. The molecule has 9 heavy (non-hydrogen) atoms. The van der Waals surface area contributed by atoms with Crippen molar-refractivity contribution in [3.05, 3.63) is 6.92 Å². The first kappa shape index (κ1) is 7.07. The van der Waals surface area contributed by atoms with Gasteiger partial charge in [-0.05, 0) is 40.0 Å². The van der Waals surface area contributed by atoms with E-state index in [1.54, 1.807) is 0 Å². The normalized spacial score (nSPS) is 21.7. The molecule has 1 nitrogen and oxygen atoms in total. The van der Waals surface area contributed by atoms with Gasteiger partial charge in [-0.2, -0.15) is 0 Å². The summed E-state index contributed by atoms with van der Waals surface area (Å²) in [6.45, 7) is 7.88. The van der Waals surface area contributed by atoms with Gasteiger partial charge in [0.15, 0.2) is 0 Å². The van der Waals surface area contributed by atoms with Gasteiger partial charge in [-0.1, -0.05) is 0 Å². The quantitative estimate of drug-likeness (QED) is 0.552. The third-order valence-electron chi connectivity index (χ3n) is 1.54. The zero-order chi connectivity index (χ0) is 6.91. The molecule has 1 fully saturated rings. The number of hydrogen-bond donors (Lipinski definition) is 0. The van der Waals surface area contributed by atoms with Crippen LogP contribution < -0.4 is 0 Å². The fraction of sp³-hybridized carbons (Fsp3) is 0.875. The Morgan fingerprint density at radius 1 is 1.44 bits per heavy atom. The van der Waals surface area contributed by atoms with Gasteiger partial charge in [-0.3, -0.25) is 0 Å². The molecule has 0 heterocycles. The topological polar surface area (TPSA) is 9.23 Å². The first-order valence-electron chi connectivity index (χ1n) is 3.61. The molecule has 1 heteroatoms. The molecule has 0 bridgehead atoms. The monoisotopic (exact) mass is 127 g/mol. The second-order valence-corrected chi connectivity index (χ2v) is 3.43. The van der Waals surface area contributed by atoms with Crippen LogP contribution in [0.5, 0.6) is 0 Å². The summed E-state index contributed by atoms with van der Waals surface area (Å²) in [5, 5.41) is 0. The van der Waals surface area contributed by atoms with E-state index in [0.29, 0.717) is 6.10 Å². The van der Waals surface area contributed by atoms with Crippen LogP contribution in [0.2, 0.25) is 0 Å². The highest BCUT2D eigenvalue weighted by molar-refractivity contribution is 4.77. The van der Waals surface area contributed by atoms with Gasteiger partial charge in [0.25, 0.3) is 0 Å². The summed E-state index contributed by atoms with van der Waals surface area (Å²) in [6.07, 6.45) is 4.32. The first-order chi connectivity index (χ1) is 4.08. The lowest BCUT2D eigenvalue weighted by molar-refractivity contribution is -0.0775. The van der Waals surface area contributed by atoms with Crippen LogP contribution in [0.25, 0.3) is 0 Å². The summed E-state index contributed by atoms with van der Waals surface area (Å²) in [4.78, 5) is 0. The van der Waals surface area contributed by atoms with Crippen LogP contribution in [0, 0.1) is 6.92 Å². The summed E-state index contributed by atoms with van der Waals surface area (Å²) < 4.78 is 5.56. The maximum atomic E-state index is 5.56. The van der Waals surface area contributed by atoms with Crippen molar-refractivity contribution in [2.45, 2.75) is 44.8 Å². The van der Waals surface area contributed by atoms with Gasteiger partial charge in [0.1, 0.15) is 0 Å². The number of rotatable bonds is 2. The van der Waals surface area contributed by atoms with Crippen molar-refractivity contribution in [2.24, 2.45) is 0 Å². The molecule has 0 amide bonds. The van der Waals surface area contributed by atoms with Crippen LogP contribution in [-0.2, 0) is 4.74 Å². The summed E-state index contributed by atoms with van der Waals surface area (Å²) >= 11 is 0. The van der Waals surface area contributed by atoms with Crippen LogP contribution in [-0.4, -0.2) is 11.7 Å². The van der Waals surface area contributed by atoms with Crippen molar-refractivity contribution in [1.82, 2.24) is 0 Å². The van der Waals surface area contributed by atoms with E-state index < -0.39 is 0 Å². The van der Waals surface area contributed by atoms with E-state index >= 15 is 0 Å². The Labute approximate surface area is 57.4 Å². The molecule has 53 valence electrons. The minimum atomic E-state index is -0.176. The van der Waals surface area contributed by atoms with E-state index in [-0.39, 0.29) is 5.60 Å². The van der Waals surface area contributed by atoms with Gasteiger partial charge >= 0.3 is 0 Å². The largest absolute Gasteiger partial charge is 0.372 e. The molecule has 0 aliphatic heterocycles. The van der Waals surface area contributed by atoms with Crippen molar-refractivity contribution in [2.75, 3.05) is 0 Å². The van der Waals surface area contributed by atoms with E-state index in [2.05, 4.69) is 6.92 Å². The minimum Gasteiger partial charge on any atom is -0.372 e. The third-order valence-corrected chi connectivity index (χ3v) is 1.54. The molecule has 1 rings (SSSR count). The Hall–Kier alpha value is -0.0400. The highest BCUT2D eigenvalue weighted by Gasteiger charge is 2.23. The lowest BCUT2D eigenvalue weighted by atomic mass is 9.95. The summed E-state index contributed by atoms with van der Waals surface area (Å²) in [5.74, 6) is 0. The molecule has 0 unspecified atom stereocenters. The van der Waals surface area contributed by atoms with Crippen LogP contribution in [0.1, 0.15) is 33.1 Å². The average molecular weight is 127 g/mol. The van der Waals surface area contributed by atoms with E-state index in [4.69, 9.17) is 4.74 Å². The standard InChI is InChI=1S/C8H15O/c1-8(2,3)9-7-5-4-6-7/h7H,1,4-6H2,2-3H3. The van der Waals surface area contributed by atoms with Crippen molar-refractivity contribution < 1.29 is 4.74 Å². The van der Waals surface area contributed by atoms with E-state index in [9.17, 15) is 0 Å². The van der Waals surface area contributed by atoms with Gasteiger partial charge < -0.3 is 4.74 Å². The van der Waals surface area contributed by atoms with Gasteiger partial charge in [0.05, 0.1) is 11.7 Å². The van der Waals surface area contributed by atoms with Crippen molar-refractivity contribution >= 4 is 0 Å². The summed E-state index contributed by atoms with van der Waals surface area (Å²) in [7, 11) is 0. The molecule has 0 N–H and O–H groups in total. The van der Waals surface area contributed by atoms with Gasteiger partial charge in [0.2, 0.25) is 0 Å². The first-order valence-corrected chi connectivity index (χ1v) is 3.61. The molecule has 1 aliphatic carbocycles. The molecular weight excluding hydrogens is 112 g/mol. The maximum absolute atomic E-state index is 5.56. The van der Waals surface area contributed by atoms with Gasteiger partial charge in [-0.25, -0.2) is 0 Å². The van der Waals surface area contributed by atoms with Crippen molar-refractivity contribution in [3.8, 4) is 0 Å². The molecule has 0 spiro atoms. The zero-order valence-electron chi connectivity index (χ0n) is 6.31. The molecule has 0 atom stereocenters. The Morgan fingerprint density at radius 3 is 2.11 bits per heavy atom. The van der Waals surface area contributed by atoms with E-state index in [0.717, 1.165) is 0 Å². The Bertz CT molecular complexity index is 87.2. The fourth-order valence-electron chi connectivity index (χ4n) is 0.940. The fourth-order valence-corrected chi connectivity index (χ4v) is 0.940. The molecule has 1 saturated carbocycles. The zero-order valence-corrected chi connectivity index (χ0v) is 6.31. The Balaban J connectivity index is 2.16. The molecular formula is C8H15O. The molecule has 0 aromatic heterocycles. The van der Waals surface area contributed by atoms with Crippen LogP contribution >= 0.6 is 0 Å². The van der Waals surface area contributed by atoms with Crippen molar-refractivity contribution in [3.63, 3.8) is 0 Å². The SMILES string of the molecule is [CH2]C(C)(C)OC1CCC1. The highest BCUT2D eigenvalue weighted by atomic mass is 16.5. The highest BCUT2D eigenvalue weighted by Crippen LogP contribution is 2.26. The van der Waals surface area contributed by atoms with Crippen LogP contribution in [0.4, 0.5) is 0 Å². The third kappa shape index (κ3) is 2.35.